The summed E-state index contributed by atoms with van der Waals surface area (Å²) in [7, 11) is -3.15. The zero-order chi connectivity index (χ0) is 18.7. The fourth-order valence-corrected chi connectivity index (χ4v) is 4.43. The predicted molar refractivity (Wildman–Crippen MR) is 106 cm³/mol. The summed E-state index contributed by atoms with van der Waals surface area (Å²) >= 11 is 3.51. The number of amides is 1. The van der Waals surface area contributed by atoms with Crippen molar-refractivity contribution >= 4 is 48.3 Å². The summed E-state index contributed by atoms with van der Waals surface area (Å²) in [4.78, 5) is 12.1. The topological polar surface area (TPSA) is 75.7 Å². The Balaban J connectivity index is 1.51. The highest BCUT2D eigenvalue weighted by Gasteiger charge is 2.25. The third-order valence-electron chi connectivity index (χ3n) is 4.43. The van der Waals surface area contributed by atoms with Gasteiger partial charge in [0.1, 0.15) is 6.61 Å². The number of piperidine rings is 1. The molecule has 0 unspecified atom stereocenters. The molecule has 1 fully saturated rings. The molecular formula is C18H21BrN2O4S. The molecule has 140 valence electrons. The summed E-state index contributed by atoms with van der Waals surface area (Å²) in [5.41, 5.74) is 0.719. The Morgan fingerprint density at radius 2 is 2.00 bits per heavy atom. The van der Waals surface area contributed by atoms with Crippen LogP contribution in [0.4, 0.5) is 5.69 Å². The standard InChI is InChI=1S/C18H21BrN2O4S/c1-26(23,24)21-9-7-15(8-10-21)25-12-18(22)20-14-5-6-16-13(11-14)3-2-4-17(16)19/h2-6,11,15H,7-10,12H2,1H3,(H,20,22). The Morgan fingerprint density at radius 3 is 2.69 bits per heavy atom. The molecule has 3 rings (SSSR count). The second-order valence-corrected chi connectivity index (χ2v) is 9.23. The van der Waals surface area contributed by atoms with Crippen LogP contribution < -0.4 is 5.32 Å². The summed E-state index contributed by atoms with van der Waals surface area (Å²) in [6.45, 7) is 0.829. The Bertz CT molecular complexity index is 909. The highest BCUT2D eigenvalue weighted by atomic mass is 79.9. The molecule has 8 heteroatoms. The van der Waals surface area contributed by atoms with Crippen molar-refractivity contribution in [2.75, 3.05) is 31.3 Å². The first-order valence-corrected chi connectivity index (χ1v) is 11.0. The van der Waals surface area contributed by atoms with Crippen molar-refractivity contribution in [3.63, 3.8) is 0 Å². The number of halogens is 1. The fourth-order valence-electron chi connectivity index (χ4n) is 3.04. The van der Waals surface area contributed by atoms with Crippen molar-refractivity contribution in [3.05, 3.63) is 40.9 Å². The van der Waals surface area contributed by atoms with E-state index < -0.39 is 10.0 Å². The Labute approximate surface area is 161 Å². The molecule has 1 saturated heterocycles. The lowest BCUT2D eigenvalue weighted by molar-refractivity contribution is -0.123. The first-order valence-electron chi connectivity index (χ1n) is 8.38. The van der Waals surface area contributed by atoms with Crippen molar-refractivity contribution in [1.82, 2.24) is 4.31 Å². The molecular weight excluding hydrogens is 420 g/mol. The van der Waals surface area contributed by atoms with Gasteiger partial charge in [0.15, 0.2) is 0 Å². The van der Waals surface area contributed by atoms with E-state index in [2.05, 4.69) is 21.2 Å². The van der Waals surface area contributed by atoms with Crippen LogP contribution in [0.3, 0.4) is 0 Å². The molecule has 1 amide bonds. The average molecular weight is 441 g/mol. The molecule has 0 atom stereocenters. The number of fused-ring (bicyclic) bond motifs is 1. The SMILES string of the molecule is CS(=O)(=O)N1CCC(OCC(=O)Nc2ccc3c(Br)cccc3c2)CC1. The van der Waals surface area contributed by atoms with Crippen molar-refractivity contribution in [2.45, 2.75) is 18.9 Å². The smallest absolute Gasteiger partial charge is 0.250 e. The van der Waals surface area contributed by atoms with Crippen LogP contribution >= 0.6 is 15.9 Å². The number of anilines is 1. The van der Waals surface area contributed by atoms with E-state index in [9.17, 15) is 13.2 Å². The normalized spacial score (nSPS) is 16.7. The van der Waals surface area contributed by atoms with E-state index in [1.165, 1.54) is 10.6 Å². The summed E-state index contributed by atoms with van der Waals surface area (Å²) in [5, 5.41) is 4.96. The second kappa shape index (κ2) is 8.04. The third kappa shape index (κ3) is 4.82. The van der Waals surface area contributed by atoms with Crippen LogP contribution in [0, 0.1) is 0 Å². The van der Waals surface area contributed by atoms with Crippen LogP contribution in [0.1, 0.15) is 12.8 Å². The molecule has 6 nitrogen and oxygen atoms in total. The monoisotopic (exact) mass is 440 g/mol. The van der Waals surface area contributed by atoms with E-state index in [1.807, 2.05) is 36.4 Å². The van der Waals surface area contributed by atoms with E-state index in [0.717, 1.165) is 20.9 Å². The molecule has 2 aromatic carbocycles. The number of hydrogen-bond acceptors (Lipinski definition) is 4. The van der Waals surface area contributed by atoms with Gasteiger partial charge in [-0.25, -0.2) is 12.7 Å². The Hall–Kier alpha value is -1.48. The van der Waals surface area contributed by atoms with Crippen LogP contribution in [0.2, 0.25) is 0 Å². The minimum absolute atomic E-state index is 0.0416. The van der Waals surface area contributed by atoms with Gasteiger partial charge >= 0.3 is 0 Å². The quantitative estimate of drug-likeness (QED) is 0.774. The summed E-state index contributed by atoms with van der Waals surface area (Å²) < 4.78 is 31.1. The lowest BCUT2D eigenvalue weighted by Crippen LogP contribution is -2.40. The van der Waals surface area contributed by atoms with Gasteiger partial charge < -0.3 is 10.1 Å². The second-order valence-electron chi connectivity index (χ2n) is 6.40. The van der Waals surface area contributed by atoms with Crippen LogP contribution in [0.15, 0.2) is 40.9 Å². The van der Waals surface area contributed by atoms with E-state index in [0.29, 0.717) is 25.9 Å². The Morgan fingerprint density at radius 1 is 1.27 bits per heavy atom. The van der Waals surface area contributed by atoms with Gasteiger partial charge in [-0.05, 0) is 41.8 Å². The number of ether oxygens (including phenoxy) is 1. The molecule has 0 saturated carbocycles. The molecule has 1 aliphatic rings. The molecule has 0 radical (unpaired) electrons. The van der Waals surface area contributed by atoms with Gasteiger partial charge in [0.2, 0.25) is 15.9 Å². The van der Waals surface area contributed by atoms with Gasteiger partial charge in [0, 0.05) is 23.2 Å². The number of nitrogens with zero attached hydrogens (tertiary/aromatic N) is 1. The molecule has 0 aromatic heterocycles. The predicted octanol–water partition coefficient (Wildman–Crippen LogP) is 2.98. The maximum Gasteiger partial charge on any atom is 0.250 e. The number of hydrogen-bond donors (Lipinski definition) is 1. The van der Waals surface area contributed by atoms with Gasteiger partial charge in [0.05, 0.1) is 12.4 Å². The molecule has 1 N–H and O–H groups in total. The largest absolute Gasteiger partial charge is 0.368 e. The number of nitrogens with one attached hydrogen (secondary N) is 1. The first-order chi connectivity index (χ1) is 12.3. The number of carbonyl (C=O) groups excluding carboxylic acids is 1. The highest BCUT2D eigenvalue weighted by Crippen LogP contribution is 2.26. The van der Waals surface area contributed by atoms with Crippen LogP contribution in [0.25, 0.3) is 10.8 Å². The number of sulfonamides is 1. The highest BCUT2D eigenvalue weighted by molar-refractivity contribution is 9.10. The van der Waals surface area contributed by atoms with Crippen molar-refractivity contribution in [1.29, 1.82) is 0 Å². The van der Waals surface area contributed by atoms with Gasteiger partial charge in [-0.2, -0.15) is 0 Å². The lowest BCUT2D eigenvalue weighted by atomic mass is 10.1. The first kappa shape index (κ1) is 19.3. The molecule has 0 spiro atoms. The fraction of sp³-hybridized carbons (Fsp3) is 0.389. The van der Waals surface area contributed by atoms with Crippen molar-refractivity contribution < 1.29 is 17.9 Å². The minimum Gasteiger partial charge on any atom is -0.368 e. The van der Waals surface area contributed by atoms with E-state index in [-0.39, 0.29) is 18.6 Å². The maximum atomic E-state index is 12.1. The number of rotatable bonds is 5. The van der Waals surface area contributed by atoms with Gasteiger partial charge in [-0.1, -0.05) is 34.1 Å². The number of carbonyl (C=O) groups is 1. The lowest BCUT2D eigenvalue weighted by Gasteiger charge is -2.29. The Kier molecular flexibility index (Phi) is 5.96. The van der Waals surface area contributed by atoms with Crippen LogP contribution in [-0.4, -0.2) is 50.7 Å². The van der Waals surface area contributed by atoms with E-state index in [1.54, 1.807) is 0 Å². The summed E-state index contributed by atoms with van der Waals surface area (Å²) in [6, 6.07) is 11.6. The summed E-state index contributed by atoms with van der Waals surface area (Å²) in [5.74, 6) is -0.218. The third-order valence-corrected chi connectivity index (χ3v) is 6.43. The van der Waals surface area contributed by atoms with Crippen molar-refractivity contribution in [2.24, 2.45) is 0 Å². The maximum absolute atomic E-state index is 12.1. The number of benzene rings is 2. The minimum atomic E-state index is -3.15. The zero-order valence-electron chi connectivity index (χ0n) is 14.4. The van der Waals surface area contributed by atoms with Crippen LogP contribution in [0.5, 0.6) is 0 Å². The molecule has 1 heterocycles. The van der Waals surface area contributed by atoms with Gasteiger partial charge in [-0.3, -0.25) is 4.79 Å². The molecule has 0 bridgehead atoms. The molecule has 1 aliphatic heterocycles. The molecule has 2 aromatic rings. The average Bonchev–Trinajstić information content (AvgIpc) is 2.60. The molecule has 0 aliphatic carbocycles. The van der Waals surface area contributed by atoms with Gasteiger partial charge in [0.25, 0.3) is 0 Å². The zero-order valence-corrected chi connectivity index (χ0v) is 16.8. The molecule has 26 heavy (non-hydrogen) atoms. The van der Waals surface area contributed by atoms with Crippen molar-refractivity contribution in [3.8, 4) is 0 Å². The van der Waals surface area contributed by atoms with Gasteiger partial charge in [-0.15, -0.1) is 0 Å². The van der Waals surface area contributed by atoms with Crippen LogP contribution in [-0.2, 0) is 19.6 Å². The van der Waals surface area contributed by atoms with E-state index in [4.69, 9.17) is 4.74 Å². The van der Waals surface area contributed by atoms with E-state index >= 15 is 0 Å². The summed E-state index contributed by atoms with van der Waals surface area (Å²) in [6.07, 6.45) is 2.32.